The smallest absolute Gasteiger partial charge is 0.339 e. The van der Waals surface area contributed by atoms with Gasteiger partial charge in [-0.25, -0.2) is 0 Å². The minimum Gasteiger partial charge on any atom is -0.396 e. The van der Waals surface area contributed by atoms with E-state index in [2.05, 4.69) is 0 Å². The highest BCUT2D eigenvalue weighted by molar-refractivity contribution is 7.53. The zero-order valence-electron chi connectivity index (χ0n) is 20.2. The second-order valence-electron chi connectivity index (χ2n) is 8.09. The van der Waals surface area contributed by atoms with Crippen molar-refractivity contribution in [3.63, 3.8) is 0 Å². The Balaban J connectivity index is 0. The van der Waals surface area contributed by atoms with E-state index < -0.39 is 69.4 Å². The third-order valence-electron chi connectivity index (χ3n) is 3.92. The maximum absolute atomic E-state index is 11.0. The molecule has 0 saturated heterocycles. The van der Waals surface area contributed by atoms with Gasteiger partial charge in [0.15, 0.2) is 0 Å². The van der Waals surface area contributed by atoms with Gasteiger partial charge in [-0.05, 0) is 12.8 Å². The summed E-state index contributed by atoms with van der Waals surface area (Å²) >= 11 is 0. The molecule has 0 radical (unpaired) electrons. The first kappa shape index (κ1) is 40.7. The van der Waals surface area contributed by atoms with Gasteiger partial charge in [0.1, 0.15) is 31.4 Å². The first-order valence-corrected chi connectivity index (χ1v) is 19.5. The van der Waals surface area contributed by atoms with Crippen LogP contribution >= 0.6 is 38.0 Å². The average molecular weight is 663 g/mol. The summed E-state index contributed by atoms with van der Waals surface area (Å²) in [7, 11) is -22.2. The van der Waals surface area contributed by atoms with Crippen molar-refractivity contribution < 1.29 is 82.0 Å². The van der Waals surface area contributed by atoms with Crippen LogP contribution in [0.25, 0.3) is 0 Å². The molecule has 12 N–H and O–H groups in total. The SMILES string of the molecule is O=P(O)(O)CN(CCCO)CCN(CP(=O)(O)O)CP(=O)(O)O.O=P(O)(O)CN(CCCO)CP(=O)(O)O. The van der Waals surface area contributed by atoms with Gasteiger partial charge in [-0.3, -0.25) is 37.5 Å². The first-order chi connectivity index (χ1) is 16.9. The van der Waals surface area contributed by atoms with E-state index >= 15 is 0 Å². The van der Waals surface area contributed by atoms with Crippen molar-refractivity contribution in [2.75, 3.05) is 70.8 Å². The quantitative estimate of drug-likeness (QED) is 0.0626. The Kier molecular flexibility index (Phi) is 19.5. The van der Waals surface area contributed by atoms with Crippen molar-refractivity contribution in [3.05, 3.63) is 0 Å². The van der Waals surface area contributed by atoms with Crippen LogP contribution in [0.1, 0.15) is 12.8 Å². The zero-order chi connectivity index (χ0) is 30.4. The Morgan fingerprint density at radius 1 is 0.368 bits per heavy atom. The lowest BCUT2D eigenvalue weighted by Gasteiger charge is -2.27. The van der Waals surface area contributed by atoms with Crippen LogP contribution in [0.5, 0.6) is 0 Å². The molecule has 0 unspecified atom stereocenters. The van der Waals surface area contributed by atoms with Crippen molar-refractivity contribution >= 4 is 38.0 Å². The number of aliphatic hydroxyl groups excluding tert-OH is 2. The summed E-state index contributed by atoms with van der Waals surface area (Å²) in [5.74, 6) is 0. The summed E-state index contributed by atoms with van der Waals surface area (Å²) < 4.78 is 54.3. The van der Waals surface area contributed by atoms with Gasteiger partial charge in [-0.1, -0.05) is 0 Å². The van der Waals surface area contributed by atoms with Crippen molar-refractivity contribution in [2.45, 2.75) is 12.8 Å². The fourth-order valence-electron chi connectivity index (χ4n) is 2.80. The Morgan fingerprint density at radius 3 is 0.842 bits per heavy atom. The average Bonchev–Trinajstić information content (AvgIpc) is 2.62. The molecule has 0 bridgehead atoms. The monoisotopic (exact) mass is 663 g/mol. The Hall–Kier alpha value is 0.550. The molecular formula is C13H38N3O17P5. The van der Waals surface area contributed by atoms with E-state index in [4.69, 9.17) is 59.1 Å². The molecule has 232 valence electrons. The fraction of sp³-hybridized carbons (Fsp3) is 1.00. The standard InChI is InChI=1S/C8H23N2O10P3.C5H15NO7P2/c11-5-1-2-9(6-21(12,13)14)3-4-10(7-22(15,16)17)8-23(18,19)20;7-3-1-2-6(4-14(8,9)10)5-15(11,12)13/h11H,1-8H2,(H2,12,13,14)(H2,15,16,17)(H2,18,19,20);7H,1-5H2,(H2,8,9,10)(H2,11,12,13). The molecule has 0 rings (SSSR count). The molecule has 0 aliphatic carbocycles. The van der Waals surface area contributed by atoms with Crippen LogP contribution in [0.4, 0.5) is 0 Å². The third kappa shape index (κ3) is 31.1. The number of hydrogen-bond donors (Lipinski definition) is 12. The number of rotatable bonds is 19. The molecule has 20 nitrogen and oxygen atoms in total. The van der Waals surface area contributed by atoms with E-state index in [1.54, 1.807) is 0 Å². The second kappa shape index (κ2) is 18.2. The van der Waals surface area contributed by atoms with E-state index in [1.807, 2.05) is 0 Å². The van der Waals surface area contributed by atoms with Gasteiger partial charge in [-0.2, -0.15) is 0 Å². The van der Waals surface area contributed by atoms with Gasteiger partial charge in [-0.15, -0.1) is 0 Å². The van der Waals surface area contributed by atoms with Crippen molar-refractivity contribution in [1.82, 2.24) is 14.7 Å². The van der Waals surface area contributed by atoms with Gasteiger partial charge in [0.2, 0.25) is 0 Å². The summed E-state index contributed by atoms with van der Waals surface area (Å²) in [5.41, 5.74) is 0. The molecule has 0 aromatic heterocycles. The second-order valence-corrected chi connectivity index (χ2v) is 16.2. The summed E-state index contributed by atoms with van der Waals surface area (Å²) in [6.07, 6.45) is -3.44. The van der Waals surface area contributed by atoms with Crippen molar-refractivity contribution in [1.29, 1.82) is 0 Å². The van der Waals surface area contributed by atoms with Gasteiger partial charge >= 0.3 is 38.0 Å². The zero-order valence-corrected chi connectivity index (χ0v) is 24.7. The molecule has 0 fully saturated rings. The van der Waals surface area contributed by atoms with Crippen molar-refractivity contribution in [2.24, 2.45) is 0 Å². The highest BCUT2D eigenvalue weighted by Gasteiger charge is 2.27. The lowest BCUT2D eigenvalue weighted by molar-refractivity contribution is 0.203. The molecule has 0 aromatic carbocycles. The molecule has 0 atom stereocenters. The summed E-state index contributed by atoms with van der Waals surface area (Å²) in [6.45, 7) is -0.605. The maximum atomic E-state index is 11.0. The normalized spacial score (nSPS) is 13.8. The van der Waals surface area contributed by atoms with E-state index in [9.17, 15) is 22.8 Å². The summed E-state index contributed by atoms with van der Waals surface area (Å²) in [4.78, 5) is 91.2. The van der Waals surface area contributed by atoms with Crippen molar-refractivity contribution in [3.8, 4) is 0 Å². The highest BCUT2D eigenvalue weighted by Crippen LogP contribution is 2.42. The van der Waals surface area contributed by atoms with Crippen LogP contribution in [0.2, 0.25) is 0 Å². The first-order valence-electron chi connectivity index (χ1n) is 10.5. The van der Waals surface area contributed by atoms with Crippen LogP contribution in [0.15, 0.2) is 0 Å². The molecule has 0 aromatic rings. The molecule has 0 aliphatic rings. The predicted octanol–water partition coefficient (Wildman–Crippen LogP) is -2.68. The number of aliphatic hydroxyl groups is 2. The van der Waals surface area contributed by atoms with E-state index in [0.29, 0.717) is 0 Å². The maximum Gasteiger partial charge on any atom is 0.339 e. The Morgan fingerprint density at radius 2 is 0.579 bits per heavy atom. The Labute approximate surface area is 218 Å². The third-order valence-corrected chi connectivity index (χ3v) is 7.76. The topological polar surface area (TPSA) is 338 Å². The van der Waals surface area contributed by atoms with Gasteiger partial charge in [0, 0.05) is 39.4 Å². The predicted molar refractivity (Wildman–Crippen MR) is 133 cm³/mol. The minimum absolute atomic E-state index is 0.0206. The fourth-order valence-corrected chi connectivity index (χ4v) is 6.97. The largest absolute Gasteiger partial charge is 0.396 e. The molecule has 0 heterocycles. The molecule has 38 heavy (non-hydrogen) atoms. The van der Waals surface area contributed by atoms with Gasteiger partial charge in [0.25, 0.3) is 0 Å². The van der Waals surface area contributed by atoms with Gasteiger partial charge < -0.3 is 59.1 Å². The lowest BCUT2D eigenvalue weighted by atomic mass is 10.4. The Bertz CT molecular complexity index is 846. The molecule has 0 spiro atoms. The van der Waals surface area contributed by atoms with E-state index in [0.717, 1.165) is 9.80 Å². The summed E-state index contributed by atoms with van der Waals surface area (Å²) in [5, 5.41) is 17.3. The molecular weight excluding hydrogens is 625 g/mol. The van der Waals surface area contributed by atoms with Crippen LogP contribution in [0.3, 0.4) is 0 Å². The minimum atomic E-state index is -4.56. The molecule has 0 aliphatic heterocycles. The van der Waals surface area contributed by atoms with Crippen LogP contribution in [-0.2, 0) is 22.8 Å². The van der Waals surface area contributed by atoms with E-state index in [-0.39, 0.29) is 52.2 Å². The van der Waals surface area contributed by atoms with Gasteiger partial charge in [0.05, 0.1) is 0 Å². The van der Waals surface area contributed by atoms with E-state index in [1.165, 1.54) is 4.90 Å². The van der Waals surface area contributed by atoms with Crippen LogP contribution < -0.4 is 0 Å². The highest BCUT2D eigenvalue weighted by atomic mass is 31.2. The number of hydrogen-bond acceptors (Lipinski definition) is 10. The lowest BCUT2D eigenvalue weighted by Crippen LogP contribution is -2.37. The summed E-state index contributed by atoms with van der Waals surface area (Å²) in [6, 6.07) is 0. The number of nitrogens with zero attached hydrogens (tertiary/aromatic N) is 3. The molecule has 25 heteroatoms. The molecule has 0 amide bonds. The van der Waals surface area contributed by atoms with Crippen LogP contribution in [0, 0.1) is 0 Å². The molecule has 0 saturated carbocycles. The van der Waals surface area contributed by atoms with Crippen LogP contribution in [-0.4, -0.2) is 145 Å².